The van der Waals surface area contributed by atoms with Gasteiger partial charge in [-0.15, -0.1) is 0 Å². The topological polar surface area (TPSA) is 61.8 Å². The van der Waals surface area contributed by atoms with Crippen LogP contribution in [0, 0.1) is 11.8 Å². The average molecular weight is 324 g/mol. The molecule has 1 saturated carbocycles. The molecule has 1 heterocycles. The molecule has 130 valence electrons. The molecule has 4 atom stereocenters. The van der Waals surface area contributed by atoms with Crippen molar-refractivity contribution in [2.45, 2.75) is 64.1 Å². The number of rotatable bonds is 3. The van der Waals surface area contributed by atoms with E-state index in [4.69, 9.17) is 14.2 Å². The van der Waals surface area contributed by atoms with Crippen LogP contribution in [-0.2, 0) is 23.8 Å². The zero-order valence-corrected chi connectivity index (χ0v) is 14.2. The smallest absolute Gasteiger partial charge is 0.306 e. The molecule has 2 rings (SSSR count). The molecule has 0 aromatic rings. The molecule has 0 spiro atoms. The van der Waals surface area contributed by atoms with Crippen molar-refractivity contribution < 1.29 is 23.8 Å². The fourth-order valence-corrected chi connectivity index (χ4v) is 3.45. The number of Topliss-reactive ketones (excluding diaryl/α,β-unsaturated/α-hetero) is 1. The molecule has 0 aromatic heterocycles. The van der Waals surface area contributed by atoms with Crippen LogP contribution < -0.4 is 0 Å². The van der Waals surface area contributed by atoms with Crippen molar-refractivity contribution in [1.29, 1.82) is 0 Å². The lowest BCUT2D eigenvalue weighted by Crippen LogP contribution is -2.20. The Balaban J connectivity index is 2.02. The minimum Gasteiger partial charge on any atom is -0.463 e. The Hall–Kier alpha value is -1.20. The van der Waals surface area contributed by atoms with E-state index >= 15 is 0 Å². The maximum Gasteiger partial charge on any atom is 0.306 e. The van der Waals surface area contributed by atoms with Crippen LogP contribution in [0.25, 0.3) is 0 Å². The summed E-state index contributed by atoms with van der Waals surface area (Å²) in [6, 6.07) is 0. The number of hydrogen-bond acceptors (Lipinski definition) is 5. The van der Waals surface area contributed by atoms with Crippen LogP contribution in [0.5, 0.6) is 0 Å². The van der Waals surface area contributed by atoms with Gasteiger partial charge in [-0.3, -0.25) is 9.59 Å². The highest BCUT2D eigenvalue weighted by molar-refractivity contribution is 5.85. The fraction of sp³-hybridized carbons (Fsp3) is 0.778. The quantitative estimate of drug-likeness (QED) is 0.454. The lowest BCUT2D eigenvalue weighted by atomic mass is 9.89. The Labute approximate surface area is 138 Å². The molecule has 0 amide bonds. The summed E-state index contributed by atoms with van der Waals surface area (Å²) < 4.78 is 15.9. The van der Waals surface area contributed by atoms with Gasteiger partial charge in [0.05, 0.1) is 18.6 Å². The number of carbonyl (C=O) groups is 2. The molecular weight excluding hydrogens is 296 g/mol. The fourth-order valence-electron chi connectivity index (χ4n) is 3.45. The summed E-state index contributed by atoms with van der Waals surface area (Å²) in [7, 11) is 1.60. The molecule has 1 aliphatic heterocycles. The lowest BCUT2D eigenvalue weighted by Gasteiger charge is -2.15. The van der Waals surface area contributed by atoms with Crippen molar-refractivity contribution >= 4 is 11.8 Å². The molecule has 0 N–H and O–H groups in total. The molecule has 0 saturated heterocycles. The van der Waals surface area contributed by atoms with Gasteiger partial charge in [-0.2, -0.15) is 0 Å². The molecule has 0 bridgehead atoms. The van der Waals surface area contributed by atoms with Gasteiger partial charge in [-0.25, -0.2) is 0 Å². The van der Waals surface area contributed by atoms with Gasteiger partial charge in [0.25, 0.3) is 0 Å². The van der Waals surface area contributed by atoms with E-state index in [-0.39, 0.29) is 55.4 Å². The standard InChI is InChI=1S/C18H28O5/c1-13-6-4-3-5-7-14-10-15(22-12-21-2)11-16(14)17(19)8-9-18(20)23-13/h5,7,13-16H,3-4,6,8-12H2,1-2H3/b7-5+/t13-,14+,15-,16+/m0/s1. The summed E-state index contributed by atoms with van der Waals surface area (Å²) in [5.41, 5.74) is 0. The van der Waals surface area contributed by atoms with Crippen molar-refractivity contribution in [2.75, 3.05) is 13.9 Å². The number of carbonyl (C=O) groups excluding carboxylic acids is 2. The van der Waals surface area contributed by atoms with Crippen LogP contribution in [0.3, 0.4) is 0 Å². The molecule has 0 aromatic carbocycles. The van der Waals surface area contributed by atoms with E-state index < -0.39 is 0 Å². The lowest BCUT2D eigenvalue weighted by molar-refractivity contribution is -0.149. The van der Waals surface area contributed by atoms with Gasteiger partial charge < -0.3 is 14.2 Å². The van der Waals surface area contributed by atoms with E-state index in [1.165, 1.54) is 0 Å². The Morgan fingerprint density at radius 2 is 2.09 bits per heavy atom. The van der Waals surface area contributed by atoms with Gasteiger partial charge in [0.15, 0.2) is 0 Å². The third-order valence-electron chi connectivity index (χ3n) is 4.68. The van der Waals surface area contributed by atoms with Crippen molar-refractivity contribution in [3.8, 4) is 0 Å². The summed E-state index contributed by atoms with van der Waals surface area (Å²) in [6.45, 7) is 2.17. The number of ether oxygens (including phenoxy) is 3. The Kier molecular flexibility index (Phi) is 7.24. The minimum atomic E-state index is -0.264. The highest BCUT2D eigenvalue weighted by Gasteiger charge is 2.37. The van der Waals surface area contributed by atoms with Crippen molar-refractivity contribution in [3.63, 3.8) is 0 Å². The second-order valence-corrected chi connectivity index (χ2v) is 6.56. The summed E-state index contributed by atoms with van der Waals surface area (Å²) in [5.74, 6) is 0.0319. The molecule has 1 aliphatic carbocycles. The molecule has 0 radical (unpaired) electrons. The van der Waals surface area contributed by atoms with E-state index in [9.17, 15) is 9.59 Å². The van der Waals surface area contributed by atoms with Crippen molar-refractivity contribution in [2.24, 2.45) is 11.8 Å². The number of methoxy groups -OCH3 is 1. The first-order chi connectivity index (χ1) is 11.1. The predicted octanol–water partition coefficient (Wildman–Crippen LogP) is 3.02. The molecule has 23 heavy (non-hydrogen) atoms. The molecule has 5 nitrogen and oxygen atoms in total. The van der Waals surface area contributed by atoms with Gasteiger partial charge >= 0.3 is 5.97 Å². The summed E-state index contributed by atoms with van der Waals surface area (Å²) >= 11 is 0. The Morgan fingerprint density at radius 3 is 2.87 bits per heavy atom. The Morgan fingerprint density at radius 1 is 1.26 bits per heavy atom. The van der Waals surface area contributed by atoms with E-state index in [1.807, 2.05) is 6.92 Å². The molecular formula is C18H28O5. The first kappa shape index (κ1) is 18.1. The van der Waals surface area contributed by atoms with Gasteiger partial charge in [0.1, 0.15) is 12.6 Å². The second-order valence-electron chi connectivity index (χ2n) is 6.56. The highest BCUT2D eigenvalue weighted by atomic mass is 16.7. The summed E-state index contributed by atoms with van der Waals surface area (Å²) in [6.07, 6.45) is 9.11. The monoisotopic (exact) mass is 324 g/mol. The van der Waals surface area contributed by atoms with Crippen LogP contribution in [0.4, 0.5) is 0 Å². The average Bonchev–Trinajstić information content (AvgIpc) is 2.92. The minimum absolute atomic E-state index is 0.0541. The molecule has 2 aliphatic rings. The first-order valence-electron chi connectivity index (χ1n) is 8.59. The number of ketones is 1. The number of allylic oxidation sites excluding steroid dienone is 2. The third kappa shape index (κ3) is 5.74. The second kappa shape index (κ2) is 9.18. The van der Waals surface area contributed by atoms with Crippen LogP contribution in [0.15, 0.2) is 12.2 Å². The maximum atomic E-state index is 12.5. The maximum absolute atomic E-state index is 12.5. The zero-order valence-electron chi connectivity index (χ0n) is 14.2. The van der Waals surface area contributed by atoms with Gasteiger partial charge in [0, 0.05) is 19.4 Å². The van der Waals surface area contributed by atoms with Crippen LogP contribution in [0.1, 0.15) is 51.9 Å². The van der Waals surface area contributed by atoms with Crippen molar-refractivity contribution in [1.82, 2.24) is 0 Å². The van der Waals surface area contributed by atoms with Crippen LogP contribution in [0.2, 0.25) is 0 Å². The molecule has 5 heteroatoms. The molecule has 1 fully saturated rings. The van der Waals surface area contributed by atoms with E-state index in [1.54, 1.807) is 7.11 Å². The van der Waals surface area contributed by atoms with E-state index in [2.05, 4.69) is 12.2 Å². The number of fused-ring (bicyclic) bond motifs is 1. The van der Waals surface area contributed by atoms with Crippen LogP contribution in [-0.4, -0.2) is 37.9 Å². The zero-order chi connectivity index (χ0) is 16.7. The van der Waals surface area contributed by atoms with Crippen molar-refractivity contribution in [3.05, 3.63) is 12.2 Å². The van der Waals surface area contributed by atoms with E-state index in [0.29, 0.717) is 6.42 Å². The summed E-state index contributed by atoms with van der Waals surface area (Å²) in [5, 5.41) is 0. The highest BCUT2D eigenvalue weighted by Crippen LogP contribution is 2.36. The number of esters is 1. The Bertz CT molecular complexity index is 431. The summed E-state index contributed by atoms with van der Waals surface area (Å²) in [4.78, 5) is 24.3. The SMILES string of the molecule is COCO[C@H]1C[C@H]2/C=C/CCC[C@H](C)OC(=O)CCC(=O)[C@@H]2C1. The van der Waals surface area contributed by atoms with Gasteiger partial charge in [0.2, 0.25) is 0 Å². The van der Waals surface area contributed by atoms with Gasteiger partial charge in [-0.05, 0) is 44.9 Å². The largest absolute Gasteiger partial charge is 0.463 e. The predicted molar refractivity (Wildman–Crippen MR) is 85.7 cm³/mol. The van der Waals surface area contributed by atoms with Crippen LogP contribution >= 0.6 is 0 Å². The van der Waals surface area contributed by atoms with Gasteiger partial charge in [-0.1, -0.05) is 12.2 Å². The molecule has 0 unspecified atom stereocenters. The first-order valence-corrected chi connectivity index (χ1v) is 8.59. The third-order valence-corrected chi connectivity index (χ3v) is 4.68. The van der Waals surface area contributed by atoms with E-state index in [0.717, 1.165) is 25.7 Å². The number of hydrogen-bond donors (Lipinski definition) is 0. The number of cyclic esters (lactones) is 1. The normalized spacial score (nSPS) is 34.7.